The third kappa shape index (κ3) is 6.22. The molecule has 3 aromatic rings. The van der Waals surface area contributed by atoms with Crippen molar-refractivity contribution in [1.82, 2.24) is 20.1 Å². The molecule has 0 bridgehead atoms. The van der Waals surface area contributed by atoms with Crippen LogP contribution in [-0.4, -0.2) is 38.9 Å². The van der Waals surface area contributed by atoms with E-state index in [4.69, 9.17) is 0 Å². The van der Waals surface area contributed by atoms with Crippen molar-refractivity contribution in [3.8, 4) is 5.69 Å². The van der Waals surface area contributed by atoms with Crippen LogP contribution in [0.2, 0.25) is 0 Å². The highest BCUT2D eigenvalue weighted by Crippen LogP contribution is 2.25. The van der Waals surface area contributed by atoms with Gasteiger partial charge >= 0.3 is 0 Å². The monoisotopic (exact) mass is 465 g/mol. The van der Waals surface area contributed by atoms with Gasteiger partial charge in [-0.25, -0.2) is 0 Å². The summed E-state index contributed by atoms with van der Waals surface area (Å²) in [5.41, 5.74) is 5.38. The Morgan fingerprint density at radius 2 is 1.76 bits per heavy atom. The van der Waals surface area contributed by atoms with Crippen molar-refractivity contribution in [3.05, 3.63) is 64.5 Å². The largest absolute Gasteiger partial charge is 0.352 e. The molecule has 8 heteroatoms. The first-order chi connectivity index (χ1) is 15.7. The normalized spacial score (nSPS) is 11.0. The Bertz CT molecular complexity index is 1170. The smallest absolute Gasteiger partial charge is 0.251 e. The summed E-state index contributed by atoms with van der Waals surface area (Å²) in [6, 6.07) is 11.5. The Balaban J connectivity index is 1.66. The lowest BCUT2D eigenvalue weighted by Gasteiger charge is -2.13. The van der Waals surface area contributed by atoms with Gasteiger partial charge in [0, 0.05) is 17.8 Å². The molecule has 1 aromatic heterocycles. The Labute approximate surface area is 199 Å². The first-order valence-corrected chi connectivity index (χ1v) is 12.0. The summed E-state index contributed by atoms with van der Waals surface area (Å²) >= 11 is 1.34. The maximum atomic E-state index is 12.6. The second-order valence-electron chi connectivity index (χ2n) is 8.63. The number of aromatic nitrogens is 3. The molecule has 2 amide bonds. The minimum absolute atomic E-state index is 0.110. The summed E-state index contributed by atoms with van der Waals surface area (Å²) < 4.78 is 1.98. The van der Waals surface area contributed by atoms with Gasteiger partial charge in [0.25, 0.3) is 5.91 Å². The van der Waals surface area contributed by atoms with E-state index in [1.807, 2.05) is 46.1 Å². The van der Waals surface area contributed by atoms with Gasteiger partial charge in [0.2, 0.25) is 5.91 Å². The third-order valence-electron chi connectivity index (χ3n) is 5.17. The molecular weight excluding hydrogens is 434 g/mol. The highest BCUT2D eigenvalue weighted by Gasteiger charge is 2.16. The van der Waals surface area contributed by atoms with E-state index in [0.29, 0.717) is 28.9 Å². The van der Waals surface area contributed by atoms with E-state index >= 15 is 0 Å². The van der Waals surface area contributed by atoms with Gasteiger partial charge in [-0.2, -0.15) is 0 Å². The van der Waals surface area contributed by atoms with Crippen molar-refractivity contribution >= 4 is 29.3 Å². The van der Waals surface area contributed by atoms with Gasteiger partial charge in [-0.1, -0.05) is 37.7 Å². The Morgan fingerprint density at radius 1 is 1.00 bits per heavy atom. The SMILES string of the molecule is Cc1ccc(C)c(-n2c(C)nnc2SCC(=O)Nc2ccc(C(=O)NCC(C)C)cc2C)c1. The van der Waals surface area contributed by atoms with Gasteiger partial charge in [0.05, 0.1) is 11.4 Å². The fraction of sp³-hybridized carbons (Fsp3) is 0.360. The minimum atomic E-state index is -0.145. The van der Waals surface area contributed by atoms with Gasteiger partial charge in [-0.3, -0.25) is 14.2 Å². The molecule has 1 heterocycles. The van der Waals surface area contributed by atoms with Crippen LogP contribution in [0.1, 0.15) is 46.7 Å². The molecular formula is C25H31N5O2S. The molecule has 174 valence electrons. The van der Waals surface area contributed by atoms with Crippen molar-refractivity contribution in [1.29, 1.82) is 0 Å². The summed E-state index contributed by atoms with van der Waals surface area (Å²) in [6.45, 7) is 12.6. The van der Waals surface area contributed by atoms with Gasteiger partial charge in [-0.15, -0.1) is 10.2 Å². The maximum Gasteiger partial charge on any atom is 0.251 e. The molecule has 2 N–H and O–H groups in total. The zero-order chi connectivity index (χ0) is 24.1. The fourth-order valence-corrected chi connectivity index (χ4v) is 4.13. The molecule has 0 aliphatic heterocycles. The minimum Gasteiger partial charge on any atom is -0.352 e. The molecule has 0 spiro atoms. The molecule has 0 saturated heterocycles. The quantitative estimate of drug-likeness (QED) is 0.474. The summed E-state index contributed by atoms with van der Waals surface area (Å²) in [4.78, 5) is 24.9. The van der Waals surface area contributed by atoms with Crippen LogP contribution in [0.3, 0.4) is 0 Å². The number of thioether (sulfide) groups is 1. The van der Waals surface area contributed by atoms with Crippen LogP contribution in [0.25, 0.3) is 5.69 Å². The summed E-state index contributed by atoms with van der Waals surface area (Å²) in [6.07, 6.45) is 0. The molecule has 0 atom stereocenters. The number of carbonyl (C=O) groups excluding carboxylic acids is 2. The molecule has 0 unspecified atom stereocenters. The molecule has 0 radical (unpaired) electrons. The van der Waals surface area contributed by atoms with Crippen LogP contribution >= 0.6 is 11.8 Å². The number of anilines is 1. The molecule has 3 rings (SSSR count). The molecule has 0 saturated carbocycles. The van der Waals surface area contributed by atoms with Crippen LogP contribution in [0, 0.1) is 33.6 Å². The van der Waals surface area contributed by atoms with E-state index in [-0.39, 0.29) is 17.6 Å². The van der Waals surface area contributed by atoms with Gasteiger partial charge < -0.3 is 10.6 Å². The van der Waals surface area contributed by atoms with Crippen molar-refractivity contribution in [2.75, 3.05) is 17.6 Å². The lowest BCUT2D eigenvalue weighted by Crippen LogP contribution is -2.27. The number of nitrogens with one attached hydrogen (secondary N) is 2. The zero-order valence-corrected chi connectivity index (χ0v) is 20.8. The van der Waals surface area contributed by atoms with Gasteiger partial charge in [-0.05, 0) is 74.6 Å². The van der Waals surface area contributed by atoms with Crippen LogP contribution in [0.4, 0.5) is 5.69 Å². The average Bonchev–Trinajstić information content (AvgIpc) is 3.13. The van der Waals surface area contributed by atoms with E-state index in [1.54, 1.807) is 18.2 Å². The lowest BCUT2D eigenvalue weighted by atomic mass is 10.1. The van der Waals surface area contributed by atoms with E-state index < -0.39 is 0 Å². The Kier molecular flexibility index (Phi) is 7.92. The number of nitrogens with zero attached hydrogens (tertiary/aromatic N) is 3. The van der Waals surface area contributed by atoms with E-state index in [2.05, 4.69) is 39.0 Å². The number of carbonyl (C=O) groups is 2. The highest BCUT2D eigenvalue weighted by atomic mass is 32.2. The average molecular weight is 466 g/mol. The number of rotatable bonds is 8. The summed E-state index contributed by atoms with van der Waals surface area (Å²) in [7, 11) is 0. The highest BCUT2D eigenvalue weighted by molar-refractivity contribution is 7.99. The second-order valence-corrected chi connectivity index (χ2v) is 9.57. The van der Waals surface area contributed by atoms with E-state index in [0.717, 1.165) is 28.2 Å². The molecule has 0 fully saturated rings. The van der Waals surface area contributed by atoms with Crippen molar-refractivity contribution in [2.24, 2.45) is 5.92 Å². The first kappa shape index (κ1) is 24.5. The van der Waals surface area contributed by atoms with Crippen LogP contribution in [-0.2, 0) is 4.79 Å². The molecule has 0 aliphatic rings. The molecule has 33 heavy (non-hydrogen) atoms. The first-order valence-electron chi connectivity index (χ1n) is 11.0. The summed E-state index contributed by atoms with van der Waals surface area (Å²) in [5.74, 6) is 1.10. The molecule has 0 aliphatic carbocycles. The second kappa shape index (κ2) is 10.7. The summed E-state index contributed by atoms with van der Waals surface area (Å²) in [5, 5.41) is 15.0. The topological polar surface area (TPSA) is 88.9 Å². The number of benzene rings is 2. The van der Waals surface area contributed by atoms with Crippen LogP contribution < -0.4 is 10.6 Å². The van der Waals surface area contributed by atoms with Gasteiger partial charge in [0.15, 0.2) is 5.16 Å². The number of aryl methyl sites for hydroxylation is 4. The van der Waals surface area contributed by atoms with Crippen molar-refractivity contribution in [3.63, 3.8) is 0 Å². The number of amides is 2. The Hall–Kier alpha value is -3.13. The maximum absolute atomic E-state index is 12.6. The van der Waals surface area contributed by atoms with E-state index in [9.17, 15) is 9.59 Å². The third-order valence-corrected chi connectivity index (χ3v) is 6.10. The lowest BCUT2D eigenvalue weighted by molar-refractivity contribution is -0.113. The van der Waals surface area contributed by atoms with Crippen LogP contribution in [0.15, 0.2) is 41.6 Å². The zero-order valence-electron chi connectivity index (χ0n) is 20.0. The predicted molar refractivity (Wildman–Crippen MR) is 133 cm³/mol. The van der Waals surface area contributed by atoms with E-state index in [1.165, 1.54) is 11.8 Å². The Morgan fingerprint density at radius 3 is 2.45 bits per heavy atom. The number of hydrogen-bond donors (Lipinski definition) is 2. The fourth-order valence-electron chi connectivity index (χ4n) is 3.33. The molecule has 2 aromatic carbocycles. The molecule has 7 nitrogen and oxygen atoms in total. The number of hydrogen-bond acceptors (Lipinski definition) is 5. The van der Waals surface area contributed by atoms with Crippen LogP contribution in [0.5, 0.6) is 0 Å². The van der Waals surface area contributed by atoms with Gasteiger partial charge in [0.1, 0.15) is 5.82 Å². The predicted octanol–water partition coefficient (Wildman–Crippen LogP) is 4.62. The van der Waals surface area contributed by atoms with Crippen molar-refractivity contribution < 1.29 is 9.59 Å². The van der Waals surface area contributed by atoms with Crippen molar-refractivity contribution in [2.45, 2.75) is 46.7 Å². The standard InChI is InChI=1S/C25H31N5O2S/c1-15(2)13-26-24(32)20-9-10-21(18(5)12-20)27-23(31)14-33-25-29-28-19(6)30(25)22-11-16(3)7-8-17(22)4/h7-12,15H,13-14H2,1-6H3,(H,26,32)(H,27,31).